The summed E-state index contributed by atoms with van der Waals surface area (Å²) in [4.78, 5) is 7.17. The second-order valence-corrected chi connectivity index (χ2v) is 8.28. The van der Waals surface area contributed by atoms with Crippen LogP contribution in [0, 0.1) is 6.92 Å². The number of hydrogen-bond donors (Lipinski definition) is 2. The van der Waals surface area contributed by atoms with Gasteiger partial charge in [0.15, 0.2) is 11.0 Å². The lowest BCUT2D eigenvalue weighted by Crippen LogP contribution is -2.27. The van der Waals surface area contributed by atoms with Gasteiger partial charge < -0.3 is 15.8 Å². The van der Waals surface area contributed by atoms with Gasteiger partial charge >= 0.3 is 0 Å². The van der Waals surface area contributed by atoms with E-state index < -0.39 is 0 Å². The van der Waals surface area contributed by atoms with Gasteiger partial charge in [0.2, 0.25) is 0 Å². The van der Waals surface area contributed by atoms with Gasteiger partial charge in [-0.15, -0.1) is 0 Å². The minimum atomic E-state index is 0.141. The van der Waals surface area contributed by atoms with E-state index in [1.54, 1.807) is 11.3 Å². The van der Waals surface area contributed by atoms with Gasteiger partial charge in [-0.25, -0.2) is 4.98 Å². The Hall–Kier alpha value is -2.31. The molecule has 0 bridgehead atoms. The molecule has 0 aliphatic heterocycles. The Morgan fingerprint density at radius 3 is 2.79 bits per heavy atom. The zero-order chi connectivity index (χ0) is 20.1. The van der Waals surface area contributed by atoms with E-state index >= 15 is 0 Å². The van der Waals surface area contributed by atoms with E-state index in [1.807, 2.05) is 37.3 Å². The zero-order valence-corrected chi connectivity index (χ0v) is 17.7. The molecule has 3 N–H and O–H groups in total. The third kappa shape index (κ3) is 4.75. The minimum Gasteiger partial charge on any atom is -0.409 e. The number of fused-ring (bicyclic) bond motifs is 1. The predicted octanol–water partition coefficient (Wildman–Crippen LogP) is 5.20. The van der Waals surface area contributed by atoms with Crippen LogP contribution >= 0.6 is 22.9 Å². The van der Waals surface area contributed by atoms with Crippen molar-refractivity contribution in [1.29, 1.82) is 0 Å². The maximum atomic E-state index is 8.89. The van der Waals surface area contributed by atoms with Crippen molar-refractivity contribution < 1.29 is 5.21 Å². The summed E-state index contributed by atoms with van der Waals surface area (Å²) in [5.74, 6) is 0.141. The summed E-state index contributed by atoms with van der Waals surface area (Å²) in [6.45, 7) is 6.04. The number of rotatable bonds is 8. The lowest BCUT2D eigenvalue weighted by molar-refractivity contribution is 0.318. The maximum absolute atomic E-state index is 8.89. The highest BCUT2D eigenvalue weighted by Crippen LogP contribution is 2.31. The van der Waals surface area contributed by atoms with E-state index in [0.717, 1.165) is 63.8 Å². The number of unbranched alkanes of at least 4 members (excludes halogenated alkanes) is 1. The lowest BCUT2D eigenvalue weighted by Gasteiger charge is -2.22. The second-order valence-electron chi connectivity index (χ2n) is 6.83. The molecule has 0 atom stereocenters. The van der Waals surface area contributed by atoms with Gasteiger partial charge in [0.1, 0.15) is 0 Å². The Balaban J connectivity index is 1.78. The zero-order valence-electron chi connectivity index (χ0n) is 16.2. The molecule has 0 spiro atoms. The van der Waals surface area contributed by atoms with Crippen LogP contribution in [0.25, 0.3) is 10.2 Å². The van der Waals surface area contributed by atoms with Crippen molar-refractivity contribution in [2.45, 2.75) is 33.1 Å². The van der Waals surface area contributed by atoms with Gasteiger partial charge in [-0.2, -0.15) is 0 Å². The highest BCUT2D eigenvalue weighted by molar-refractivity contribution is 7.22. The van der Waals surface area contributed by atoms with Crippen LogP contribution in [0.2, 0.25) is 5.02 Å². The topological polar surface area (TPSA) is 74.7 Å². The van der Waals surface area contributed by atoms with Crippen LogP contribution in [-0.4, -0.2) is 29.1 Å². The number of benzene rings is 2. The number of amidine groups is 1. The van der Waals surface area contributed by atoms with Crippen molar-refractivity contribution >= 4 is 44.1 Å². The third-order valence-corrected chi connectivity index (χ3v) is 6.05. The Labute approximate surface area is 174 Å². The summed E-state index contributed by atoms with van der Waals surface area (Å²) in [7, 11) is 0. The first kappa shape index (κ1) is 20.4. The molecule has 7 heteroatoms. The summed E-state index contributed by atoms with van der Waals surface area (Å²) < 4.78 is 1.11. The molecule has 0 unspecified atom stereocenters. The summed E-state index contributed by atoms with van der Waals surface area (Å²) >= 11 is 7.81. The van der Waals surface area contributed by atoms with Crippen molar-refractivity contribution in [3.8, 4) is 0 Å². The predicted molar refractivity (Wildman–Crippen MR) is 119 cm³/mol. The maximum Gasteiger partial charge on any atom is 0.186 e. The fourth-order valence-electron chi connectivity index (χ4n) is 3.16. The van der Waals surface area contributed by atoms with E-state index in [9.17, 15) is 0 Å². The molecule has 0 aliphatic rings. The standard InChI is InChI=1S/C21H25ClN4OS/c1-3-4-10-26(21-24-18-8-6-16(22)13-19(18)28-21)11-9-15-5-7-17(14(2)12-15)20(23)25-27/h5-8,12-13,27H,3-4,9-11H2,1-2H3,(H2,23,25). The Kier molecular flexibility index (Phi) is 6.75. The van der Waals surface area contributed by atoms with E-state index in [1.165, 1.54) is 5.56 Å². The van der Waals surface area contributed by atoms with Crippen molar-refractivity contribution in [3.63, 3.8) is 0 Å². The van der Waals surface area contributed by atoms with E-state index in [4.69, 9.17) is 27.5 Å². The number of oxime groups is 1. The average Bonchev–Trinajstić information content (AvgIpc) is 3.10. The van der Waals surface area contributed by atoms with Gasteiger partial charge in [0, 0.05) is 23.7 Å². The van der Waals surface area contributed by atoms with Gasteiger partial charge in [-0.05, 0) is 49.1 Å². The molecule has 0 saturated heterocycles. The normalized spacial score (nSPS) is 11.9. The molecule has 0 aliphatic carbocycles. The minimum absolute atomic E-state index is 0.141. The van der Waals surface area contributed by atoms with E-state index in [-0.39, 0.29) is 5.84 Å². The molecule has 0 fully saturated rings. The first-order valence-electron chi connectivity index (χ1n) is 9.40. The van der Waals surface area contributed by atoms with Crippen molar-refractivity contribution in [2.24, 2.45) is 10.9 Å². The van der Waals surface area contributed by atoms with E-state index in [0.29, 0.717) is 0 Å². The van der Waals surface area contributed by atoms with E-state index in [2.05, 4.69) is 23.0 Å². The largest absolute Gasteiger partial charge is 0.409 e. The highest BCUT2D eigenvalue weighted by Gasteiger charge is 2.13. The Morgan fingerprint density at radius 1 is 1.25 bits per heavy atom. The number of nitrogens with zero attached hydrogens (tertiary/aromatic N) is 3. The molecule has 1 aromatic heterocycles. The van der Waals surface area contributed by atoms with Gasteiger partial charge in [-0.3, -0.25) is 0 Å². The van der Waals surface area contributed by atoms with Crippen LogP contribution in [0.3, 0.4) is 0 Å². The Bertz CT molecular complexity index is 986. The molecular formula is C21H25ClN4OS. The molecule has 3 rings (SSSR count). The Morgan fingerprint density at radius 2 is 2.07 bits per heavy atom. The SMILES string of the molecule is CCCCN(CCc1ccc(/C(N)=N/O)c(C)c1)c1nc2ccc(Cl)cc2s1. The summed E-state index contributed by atoms with van der Waals surface area (Å²) in [6.07, 6.45) is 3.16. The molecule has 0 radical (unpaired) electrons. The van der Waals surface area contributed by atoms with Crippen LogP contribution in [0.1, 0.15) is 36.5 Å². The molecule has 28 heavy (non-hydrogen) atoms. The lowest BCUT2D eigenvalue weighted by atomic mass is 10.0. The molecule has 2 aromatic carbocycles. The number of aromatic nitrogens is 1. The third-order valence-electron chi connectivity index (χ3n) is 4.74. The number of aryl methyl sites for hydroxylation is 1. The fraction of sp³-hybridized carbons (Fsp3) is 0.333. The fourth-order valence-corrected chi connectivity index (χ4v) is 4.45. The van der Waals surface area contributed by atoms with Gasteiger partial charge in [0.05, 0.1) is 10.2 Å². The number of anilines is 1. The first-order valence-corrected chi connectivity index (χ1v) is 10.6. The van der Waals surface area contributed by atoms with Crippen molar-refractivity contribution in [2.75, 3.05) is 18.0 Å². The van der Waals surface area contributed by atoms with Gasteiger partial charge in [-0.1, -0.05) is 59.6 Å². The van der Waals surface area contributed by atoms with Crippen LogP contribution in [0.15, 0.2) is 41.6 Å². The molecule has 3 aromatic rings. The number of thiazole rings is 1. The first-order chi connectivity index (χ1) is 13.5. The number of nitrogens with two attached hydrogens (primary N) is 1. The van der Waals surface area contributed by atoms with Gasteiger partial charge in [0.25, 0.3) is 0 Å². The number of halogens is 1. The quantitative estimate of drug-likeness (QED) is 0.229. The van der Waals surface area contributed by atoms with Crippen LogP contribution in [0.4, 0.5) is 5.13 Å². The molecule has 1 heterocycles. The summed E-state index contributed by atoms with van der Waals surface area (Å²) in [5, 5.41) is 13.8. The number of hydrogen-bond acceptors (Lipinski definition) is 5. The van der Waals surface area contributed by atoms with Crippen molar-refractivity contribution in [3.05, 3.63) is 58.1 Å². The average molecular weight is 417 g/mol. The van der Waals surface area contributed by atoms with Crippen LogP contribution in [-0.2, 0) is 6.42 Å². The second kappa shape index (κ2) is 9.26. The molecule has 0 saturated carbocycles. The monoisotopic (exact) mass is 416 g/mol. The molecular weight excluding hydrogens is 392 g/mol. The molecule has 0 amide bonds. The molecule has 148 valence electrons. The smallest absolute Gasteiger partial charge is 0.186 e. The van der Waals surface area contributed by atoms with Crippen LogP contribution < -0.4 is 10.6 Å². The highest BCUT2D eigenvalue weighted by atomic mass is 35.5. The molecule has 5 nitrogen and oxygen atoms in total. The van der Waals surface area contributed by atoms with Crippen molar-refractivity contribution in [1.82, 2.24) is 4.98 Å². The summed E-state index contributed by atoms with van der Waals surface area (Å²) in [5.41, 5.74) is 9.70. The van der Waals surface area contributed by atoms with Crippen LogP contribution in [0.5, 0.6) is 0 Å². The summed E-state index contributed by atoms with van der Waals surface area (Å²) in [6, 6.07) is 11.9.